The lowest BCUT2D eigenvalue weighted by Crippen LogP contribution is -2.06. The molecule has 17 heavy (non-hydrogen) atoms. The second kappa shape index (κ2) is 5.34. The van der Waals surface area contributed by atoms with Crippen LogP contribution in [-0.4, -0.2) is 0 Å². The fourth-order valence-corrected chi connectivity index (χ4v) is 1.99. The van der Waals surface area contributed by atoms with E-state index in [0.29, 0.717) is 0 Å². The molecule has 0 radical (unpaired) electrons. The Bertz CT molecular complexity index is 511. The molecule has 0 aliphatic rings. The van der Waals surface area contributed by atoms with E-state index in [-0.39, 0.29) is 6.04 Å². The lowest BCUT2D eigenvalue weighted by atomic mass is 10.1. The van der Waals surface area contributed by atoms with Crippen LogP contribution in [0.3, 0.4) is 0 Å². The monoisotopic (exact) mass is 291 g/mol. The first-order chi connectivity index (χ1) is 8.16. The van der Waals surface area contributed by atoms with Gasteiger partial charge in [-0.25, -0.2) is 0 Å². The van der Waals surface area contributed by atoms with Crippen molar-refractivity contribution >= 4 is 15.9 Å². The lowest BCUT2D eigenvalue weighted by molar-refractivity contribution is 0.472. The van der Waals surface area contributed by atoms with Crippen LogP contribution < -0.4 is 10.5 Å². The zero-order valence-corrected chi connectivity index (χ0v) is 11.1. The van der Waals surface area contributed by atoms with Gasteiger partial charge in [-0.15, -0.1) is 0 Å². The molecule has 0 unspecified atom stereocenters. The SMILES string of the molecule is C[C@H](N)c1ccccc1Oc1cccc(Br)c1. The zero-order valence-electron chi connectivity index (χ0n) is 9.56. The van der Waals surface area contributed by atoms with Crippen LogP contribution in [0.2, 0.25) is 0 Å². The summed E-state index contributed by atoms with van der Waals surface area (Å²) in [6.45, 7) is 1.95. The van der Waals surface area contributed by atoms with Crippen LogP contribution in [0, 0.1) is 0 Å². The Labute approximate surface area is 110 Å². The first-order valence-electron chi connectivity index (χ1n) is 5.45. The summed E-state index contributed by atoms with van der Waals surface area (Å²) in [6, 6.07) is 15.5. The van der Waals surface area contributed by atoms with Crippen molar-refractivity contribution in [3.63, 3.8) is 0 Å². The van der Waals surface area contributed by atoms with Crippen molar-refractivity contribution in [2.45, 2.75) is 13.0 Å². The third-order valence-electron chi connectivity index (χ3n) is 2.43. The molecule has 0 amide bonds. The molecule has 0 fully saturated rings. The zero-order chi connectivity index (χ0) is 12.3. The maximum atomic E-state index is 5.91. The van der Waals surface area contributed by atoms with Crippen LogP contribution >= 0.6 is 15.9 Å². The molecule has 0 spiro atoms. The highest BCUT2D eigenvalue weighted by atomic mass is 79.9. The van der Waals surface area contributed by atoms with Crippen molar-refractivity contribution < 1.29 is 4.74 Å². The summed E-state index contributed by atoms with van der Waals surface area (Å²) < 4.78 is 6.84. The second-order valence-corrected chi connectivity index (χ2v) is 4.80. The Morgan fingerprint density at radius 2 is 1.88 bits per heavy atom. The summed E-state index contributed by atoms with van der Waals surface area (Å²) in [5, 5.41) is 0. The topological polar surface area (TPSA) is 35.2 Å². The molecule has 1 atom stereocenters. The van der Waals surface area contributed by atoms with Crippen molar-refractivity contribution in [3.05, 3.63) is 58.6 Å². The van der Waals surface area contributed by atoms with Gasteiger partial charge in [-0.2, -0.15) is 0 Å². The van der Waals surface area contributed by atoms with E-state index in [1.807, 2.05) is 55.5 Å². The molecule has 2 rings (SSSR count). The van der Waals surface area contributed by atoms with Gasteiger partial charge in [0.15, 0.2) is 0 Å². The largest absolute Gasteiger partial charge is 0.457 e. The van der Waals surface area contributed by atoms with Gasteiger partial charge in [-0.1, -0.05) is 40.2 Å². The van der Waals surface area contributed by atoms with Crippen molar-refractivity contribution in [2.24, 2.45) is 5.73 Å². The van der Waals surface area contributed by atoms with Crippen LogP contribution in [-0.2, 0) is 0 Å². The standard InChI is InChI=1S/C14H14BrNO/c1-10(16)13-7-2-3-8-14(13)17-12-6-4-5-11(15)9-12/h2-10H,16H2,1H3/t10-/m0/s1. The maximum Gasteiger partial charge on any atom is 0.132 e. The van der Waals surface area contributed by atoms with Gasteiger partial charge in [0.2, 0.25) is 0 Å². The Morgan fingerprint density at radius 1 is 1.12 bits per heavy atom. The third-order valence-corrected chi connectivity index (χ3v) is 2.93. The normalized spacial score (nSPS) is 12.2. The molecule has 0 bridgehead atoms. The Kier molecular flexibility index (Phi) is 3.82. The van der Waals surface area contributed by atoms with Gasteiger partial charge in [-0.3, -0.25) is 0 Å². The molecule has 0 heterocycles. The fourth-order valence-electron chi connectivity index (χ4n) is 1.61. The molecule has 0 aliphatic heterocycles. The van der Waals surface area contributed by atoms with Crippen LogP contribution in [0.5, 0.6) is 11.5 Å². The van der Waals surface area contributed by atoms with Gasteiger partial charge in [0.1, 0.15) is 11.5 Å². The molecular weight excluding hydrogens is 278 g/mol. The average molecular weight is 292 g/mol. The van der Waals surface area contributed by atoms with Gasteiger partial charge >= 0.3 is 0 Å². The van der Waals surface area contributed by atoms with Gasteiger partial charge in [-0.05, 0) is 31.2 Å². The highest BCUT2D eigenvalue weighted by Gasteiger charge is 2.07. The average Bonchev–Trinajstić information content (AvgIpc) is 2.29. The summed E-state index contributed by atoms with van der Waals surface area (Å²) in [5.41, 5.74) is 6.92. The minimum Gasteiger partial charge on any atom is -0.457 e. The summed E-state index contributed by atoms with van der Waals surface area (Å²) in [6.07, 6.45) is 0. The van der Waals surface area contributed by atoms with Gasteiger partial charge < -0.3 is 10.5 Å². The molecule has 0 aliphatic carbocycles. The highest BCUT2D eigenvalue weighted by Crippen LogP contribution is 2.29. The minimum atomic E-state index is -0.0432. The molecule has 3 heteroatoms. The molecule has 2 nitrogen and oxygen atoms in total. The molecule has 88 valence electrons. The summed E-state index contributed by atoms with van der Waals surface area (Å²) in [4.78, 5) is 0. The molecule has 2 N–H and O–H groups in total. The van der Waals surface area contributed by atoms with E-state index >= 15 is 0 Å². The summed E-state index contributed by atoms with van der Waals surface area (Å²) in [7, 11) is 0. The molecule has 0 saturated heterocycles. The van der Waals surface area contributed by atoms with Gasteiger partial charge in [0, 0.05) is 16.1 Å². The number of halogens is 1. The second-order valence-electron chi connectivity index (χ2n) is 3.89. The first-order valence-corrected chi connectivity index (χ1v) is 6.24. The van der Waals surface area contributed by atoms with E-state index in [1.165, 1.54) is 0 Å². The Morgan fingerprint density at radius 3 is 2.59 bits per heavy atom. The van der Waals surface area contributed by atoms with Crippen molar-refractivity contribution in [3.8, 4) is 11.5 Å². The third kappa shape index (κ3) is 3.08. The van der Waals surface area contributed by atoms with Crippen molar-refractivity contribution in [1.82, 2.24) is 0 Å². The predicted octanol–water partition coefficient (Wildman–Crippen LogP) is 4.26. The number of benzene rings is 2. The lowest BCUT2D eigenvalue weighted by Gasteiger charge is -2.13. The smallest absolute Gasteiger partial charge is 0.132 e. The number of hydrogen-bond donors (Lipinski definition) is 1. The van der Waals surface area contributed by atoms with Crippen molar-refractivity contribution in [1.29, 1.82) is 0 Å². The van der Waals surface area contributed by atoms with Crippen molar-refractivity contribution in [2.75, 3.05) is 0 Å². The fraction of sp³-hybridized carbons (Fsp3) is 0.143. The van der Waals surface area contributed by atoms with E-state index in [4.69, 9.17) is 10.5 Å². The van der Waals surface area contributed by atoms with E-state index < -0.39 is 0 Å². The summed E-state index contributed by atoms with van der Waals surface area (Å²) in [5.74, 6) is 1.60. The molecule has 2 aromatic rings. The molecular formula is C14H14BrNO. The van der Waals surface area contributed by atoms with E-state index in [1.54, 1.807) is 0 Å². The van der Waals surface area contributed by atoms with Gasteiger partial charge in [0.25, 0.3) is 0 Å². The van der Waals surface area contributed by atoms with Crippen LogP contribution in [0.25, 0.3) is 0 Å². The van der Waals surface area contributed by atoms with E-state index in [0.717, 1.165) is 21.5 Å². The van der Waals surface area contributed by atoms with Crippen LogP contribution in [0.15, 0.2) is 53.0 Å². The van der Waals surface area contributed by atoms with E-state index in [2.05, 4.69) is 15.9 Å². The molecule has 0 aromatic heterocycles. The number of ether oxygens (including phenoxy) is 1. The van der Waals surface area contributed by atoms with Gasteiger partial charge in [0.05, 0.1) is 0 Å². The Hall–Kier alpha value is -1.32. The van der Waals surface area contributed by atoms with E-state index in [9.17, 15) is 0 Å². The quantitative estimate of drug-likeness (QED) is 0.917. The summed E-state index contributed by atoms with van der Waals surface area (Å²) >= 11 is 3.42. The number of nitrogens with two attached hydrogens (primary N) is 1. The number of para-hydroxylation sites is 1. The molecule has 0 saturated carbocycles. The van der Waals surface area contributed by atoms with Crippen LogP contribution in [0.1, 0.15) is 18.5 Å². The highest BCUT2D eigenvalue weighted by molar-refractivity contribution is 9.10. The predicted molar refractivity (Wildman–Crippen MR) is 73.3 cm³/mol. The maximum absolute atomic E-state index is 5.91. The first kappa shape index (κ1) is 12.1. The minimum absolute atomic E-state index is 0.0432. The number of hydrogen-bond acceptors (Lipinski definition) is 2. The molecule has 2 aromatic carbocycles. The van der Waals surface area contributed by atoms with Crippen LogP contribution in [0.4, 0.5) is 0 Å². The Balaban J connectivity index is 2.30. The number of rotatable bonds is 3.